The van der Waals surface area contributed by atoms with Crippen molar-refractivity contribution in [2.75, 3.05) is 0 Å². The van der Waals surface area contributed by atoms with Crippen LogP contribution in [0.25, 0.3) is 66.1 Å². The standard InChI is InChI=1S/C33H33.C27H22.C5H5.2ClH.Zr/c1-32(2,3)30-20-26-24(18-28(30)22-13-9-7-10-14-22)17-25-19-29(23-15-11-8-12-16-23)31(21-27(25)26)33(4,5)6;1-3-10-24(11-4-1)26-18-14-22(15-19-26)8-7-9-23-16-20-27(21-17-23)25-12-5-2-6-13-25;1-2-4-5-3-1;;;/h7-21H,1-6H3;1-6,10-21H,8-9H2;1-3H,4H2;2*1H;/q-1;;-1;;;+2/p-2. The molecular formula is C65H60Cl2Zr-2. The average Bonchev–Trinajstić information content (AvgIpc) is 4.04. The van der Waals surface area contributed by atoms with Crippen LogP contribution in [0.3, 0.4) is 0 Å². The molecule has 68 heavy (non-hydrogen) atoms. The van der Waals surface area contributed by atoms with Crippen molar-refractivity contribution in [3.63, 3.8) is 0 Å². The zero-order chi connectivity index (χ0) is 46.1. The number of allylic oxidation sites excluding steroid dienone is 4. The molecule has 9 aromatic rings. The summed E-state index contributed by atoms with van der Waals surface area (Å²) in [4.78, 5) is 0. The number of rotatable bonds is 8. The van der Waals surface area contributed by atoms with E-state index in [4.69, 9.17) is 0 Å². The van der Waals surface area contributed by atoms with Crippen LogP contribution in [0, 0.1) is 6.08 Å². The Morgan fingerprint density at radius 3 is 1.09 bits per heavy atom. The normalized spacial score (nSPS) is 11.8. The Morgan fingerprint density at radius 1 is 0.456 bits per heavy atom. The zero-order valence-corrected chi connectivity index (χ0v) is 44.1. The second kappa shape index (κ2) is 23.6. The van der Waals surface area contributed by atoms with Crippen LogP contribution in [0.15, 0.2) is 218 Å². The van der Waals surface area contributed by atoms with Crippen LogP contribution < -0.4 is 24.8 Å². The van der Waals surface area contributed by atoms with E-state index in [2.05, 4.69) is 254 Å². The average molecular weight is 1000 g/mol. The molecule has 0 bridgehead atoms. The predicted molar refractivity (Wildman–Crippen MR) is 283 cm³/mol. The third-order valence-corrected chi connectivity index (χ3v) is 13.2. The molecule has 0 heterocycles. The second-order valence-electron chi connectivity index (χ2n) is 19.4. The van der Waals surface area contributed by atoms with Crippen LogP contribution in [0.4, 0.5) is 0 Å². The third kappa shape index (κ3) is 13.1. The van der Waals surface area contributed by atoms with Gasteiger partial charge in [-0.25, -0.2) is 12.2 Å². The van der Waals surface area contributed by atoms with E-state index in [1.54, 1.807) is 3.21 Å². The van der Waals surface area contributed by atoms with Gasteiger partial charge in [0.15, 0.2) is 0 Å². The first-order valence-electron chi connectivity index (χ1n) is 23.3. The summed E-state index contributed by atoms with van der Waals surface area (Å²) >= 11 is 1.52. The maximum absolute atomic E-state index is 2.99. The fourth-order valence-electron chi connectivity index (χ4n) is 8.85. The molecule has 0 spiro atoms. The summed E-state index contributed by atoms with van der Waals surface area (Å²) in [6.07, 6.45) is 12.1. The van der Waals surface area contributed by atoms with E-state index in [0.29, 0.717) is 0 Å². The molecule has 0 unspecified atom stereocenters. The van der Waals surface area contributed by atoms with Crippen molar-refractivity contribution in [3.8, 4) is 44.5 Å². The van der Waals surface area contributed by atoms with Crippen molar-refractivity contribution >= 4 is 24.8 Å². The second-order valence-corrected chi connectivity index (χ2v) is 21.2. The number of halogens is 2. The Hall–Kier alpha value is -5.56. The molecule has 0 nitrogen and oxygen atoms in total. The van der Waals surface area contributed by atoms with Crippen LogP contribution in [0.1, 0.15) is 70.2 Å². The molecule has 0 aromatic heterocycles. The van der Waals surface area contributed by atoms with Crippen molar-refractivity contribution in [2.24, 2.45) is 0 Å². The number of hydrogen-bond acceptors (Lipinski definition) is 0. The molecule has 0 saturated carbocycles. The van der Waals surface area contributed by atoms with Gasteiger partial charge in [-0.3, -0.25) is 6.08 Å². The van der Waals surface area contributed by atoms with E-state index in [0.717, 1.165) is 19.3 Å². The van der Waals surface area contributed by atoms with E-state index < -0.39 is 0 Å². The Kier molecular flexibility index (Phi) is 18.0. The summed E-state index contributed by atoms with van der Waals surface area (Å²) < 4.78 is 1.58. The fraction of sp³-hybridized carbons (Fsp3) is 0.169. The molecule has 0 atom stereocenters. The Balaban J connectivity index is 0.000000199. The first-order valence-corrected chi connectivity index (χ1v) is 24.5. The van der Waals surface area contributed by atoms with E-state index in [-0.39, 0.29) is 35.6 Å². The quantitative estimate of drug-likeness (QED) is 0.133. The molecule has 1 aliphatic rings. The van der Waals surface area contributed by atoms with Gasteiger partial charge in [-0.15, -0.1) is 46.2 Å². The summed E-state index contributed by atoms with van der Waals surface area (Å²) in [5, 5.41) is 5.36. The van der Waals surface area contributed by atoms with Gasteiger partial charge in [0, 0.05) is 0 Å². The van der Waals surface area contributed by atoms with E-state index in [1.165, 1.54) is 113 Å². The number of fused-ring (bicyclic) bond motifs is 3. The van der Waals surface area contributed by atoms with Gasteiger partial charge in [0.25, 0.3) is 0 Å². The van der Waals surface area contributed by atoms with Gasteiger partial charge in [0.05, 0.1) is 0 Å². The van der Waals surface area contributed by atoms with Crippen molar-refractivity contribution in [1.29, 1.82) is 0 Å². The monoisotopic (exact) mass is 1000 g/mol. The van der Waals surface area contributed by atoms with Gasteiger partial charge < -0.3 is 24.8 Å². The first kappa shape index (κ1) is 51.8. The van der Waals surface area contributed by atoms with Gasteiger partial charge in [0.1, 0.15) is 0 Å². The minimum absolute atomic E-state index is 0. The van der Waals surface area contributed by atoms with E-state index >= 15 is 0 Å². The molecule has 10 rings (SSSR count). The van der Waals surface area contributed by atoms with E-state index in [1.807, 2.05) is 12.2 Å². The molecule has 0 aliphatic heterocycles. The summed E-state index contributed by atoms with van der Waals surface area (Å²) in [6, 6.07) is 72.9. The number of hydrogen-bond donors (Lipinski definition) is 0. The van der Waals surface area contributed by atoms with Crippen molar-refractivity contribution in [1.82, 2.24) is 0 Å². The van der Waals surface area contributed by atoms with Gasteiger partial charge in [0.2, 0.25) is 0 Å². The minimum atomic E-state index is 0. The summed E-state index contributed by atoms with van der Waals surface area (Å²) in [5.41, 5.74) is 16.1. The Labute approximate surface area is 433 Å². The summed E-state index contributed by atoms with van der Waals surface area (Å²) in [6.45, 7) is 13.9. The zero-order valence-electron chi connectivity index (χ0n) is 40.2. The van der Waals surface area contributed by atoms with Crippen LogP contribution in [0.2, 0.25) is 0 Å². The molecule has 3 heteroatoms. The van der Waals surface area contributed by atoms with Crippen LogP contribution in [0.5, 0.6) is 0 Å². The maximum atomic E-state index is 2.99. The SMILES string of the molecule is CC(C)(C)c1cc2c(cc1-c1ccccc1)[cH-]c1cc(-c3ccccc3)c(C(C)(C)C)cc12.[C-]1=CC=CC1.[Cl-].[Cl-].[Zr+2]=[C](Cc1ccc(-c2ccccc2)cc1)Cc1ccc(-c2ccccc2)cc1. The molecule has 0 amide bonds. The van der Waals surface area contributed by atoms with Gasteiger partial charge >= 0.3 is 183 Å². The van der Waals surface area contributed by atoms with Gasteiger partial charge in [-0.1, -0.05) is 114 Å². The van der Waals surface area contributed by atoms with Gasteiger partial charge in [-0.05, 0) is 44.2 Å². The van der Waals surface area contributed by atoms with Crippen molar-refractivity contribution in [3.05, 3.63) is 247 Å². The topological polar surface area (TPSA) is 0 Å². The molecule has 0 saturated heterocycles. The predicted octanol–water partition coefficient (Wildman–Crippen LogP) is 11.5. The molecule has 1 aliphatic carbocycles. The molecule has 0 fully saturated rings. The Morgan fingerprint density at radius 2 is 0.794 bits per heavy atom. The molecule has 0 N–H and O–H groups in total. The molecule has 340 valence electrons. The fourth-order valence-corrected chi connectivity index (χ4v) is 9.85. The van der Waals surface area contributed by atoms with Crippen molar-refractivity contribution < 1.29 is 49.0 Å². The number of benzene rings is 8. The van der Waals surface area contributed by atoms with Crippen molar-refractivity contribution in [2.45, 2.75) is 71.6 Å². The van der Waals surface area contributed by atoms with Crippen LogP contribution in [-0.4, -0.2) is 3.21 Å². The van der Waals surface area contributed by atoms with Gasteiger partial charge in [-0.2, -0.15) is 6.08 Å². The molecule has 9 aromatic carbocycles. The van der Waals surface area contributed by atoms with Crippen LogP contribution in [-0.2, 0) is 47.9 Å². The summed E-state index contributed by atoms with van der Waals surface area (Å²) in [7, 11) is 0. The molecular weight excluding hydrogens is 943 g/mol. The first-order chi connectivity index (χ1) is 31.9. The Bertz CT molecular complexity index is 2870. The summed E-state index contributed by atoms with van der Waals surface area (Å²) in [5.74, 6) is 0. The molecule has 0 radical (unpaired) electrons. The third-order valence-electron chi connectivity index (χ3n) is 12.3. The van der Waals surface area contributed by atoms with E-state index in [9.17, 15) is 0 Å². The van der Waals surface area contributed by atoms with Crippen LogP contribution >= 0.6 is 0 Å².